The van der Waals surface area contributed by atoms with Gasteiger partial charge in [0, 0.05) is 6.42 Å². The quantitative estimate of drug-likeness (QED) is 0.695. The van der Waals surface area contributed by atoms with Crippen LogP contribution in [0, 0.1) is 0 Å². The van der Waals surface area contributed by atoms with E-state index in [1.165, 1.54) is 26.4 Å². The average molecular weight is 354 g/mol. The molecule has 0 saturated heterocycles. The Labute approximate surface area is 152 Å². The van der Waals surface area contributed by atoms with E-state index in [0.717, 1.165) is 11.1 Å². The third kappa shape index (κ3) is 5.41. The van der Waals surface area contributed by atoms with E-state index in [-0.39, 0.29) is 17.3 Å². The third-order valence-corrected chi connectivity index (χ3v) is 3.74. The Balaban J connectivity index is 1.87. The molecular formula is C21H22O5. The molecule has 0 amide bonds. The van der Waals surface area contributed by atoms with Crippen molar-refractivity contribution in [1.29, 1.82) is 0 Å². The minimum Gasteiger partial charge on any atom is -0.504 e. The van der Waals surface area contributed by atoms with E-state index < -0.39 is 0 Å². The van der Waals surface area contributed by atoms with Gasteiger partial charge in [0.1, 0.15) is 0 Å². The first-order valence-corrected chi connectivity index (χ1v) is 8.15. The molecule has 0 saturated carbocycles. The van der Waals surface area contributed by atoms with Gasteiger partial charge in [-0.3, -0.25) is 4.79 Å². The number of ether oxygens (including phenoxy) is 2. The van der Waals surface area contributed by atoms with Crippen LogP contribution >= 0.6 is 0 Å². The summed E-state index contributed by atoms with van der Waals surface area (Å²) < 4.78 is 10.1. The lowest BCUT2D eigenvalue weighted by molar-refractivity contribution is -0.114. The van der Waals surface area contributed by atoms with Crippen LogP contribution in [-0.2, 0) is 4.79 Å². The molecule has 2 aromatic rings. The van der Waals surface area contributed by atoms with E-state index in [1.807, 2.05) is 12.2 Å². The van der Waals surface area contributed by atoms with Crippen LogP contribution in [0.3, 0.4) is 0 Å². The standard InChI is InChI=1S/C21H22O5/c1-25-20-13-15(8-11-18(20)23)5-3-4-6-17(22)10-7-16-9-12-19(24)21(14-16)26-2/h3,5,7-14,23-24H,4,6H2,1-2H3/b5-3+,10-7+. The molecule has 0 radical (unpaired) electrons. The highest BCUT2D eigenvalue weighted by molar-refractivity contribution is 5.93. The number of allylic oxidation sites excluding steroid dienone is 2. The Morgan fingerprint density at radius 2 is 1.46 bits per heavy atom. The van der Waals surface area contributed by atoms with E-state index in [4.69, 9.17) is 9.47 Å². The van der Waals surface area contributed by atoms with Crippen molar-refractivity contribution in [2.75, 3.05) is 14.2 Å². The van der Waals surface area contributed by atoms with Crippen LogP contribution in [0.5, 0.6) is 23.0 Å². The highest BCUT2D eigenvalue weighted by atomic mass is 16.5. The molecule has 0 aliphatic rings. The van der Waals surface area contributed by atoms with Gasteiger partial charge in [-0.1, -0.05) is 30.4 Å². The number of benzene rings is 2. The number of aromatic hydroxyl groups is 2. The molecule has 0 aliphatic heterocycles. The lowest BCUT2D eigenvalue weighted by atomic mass is 10.1. The zero-order chi connectivity index (χ0) is 18.9. The molecule has 26 heavy (non-hydrogen) atoms. The van der Waals surface area contributed by atoms with Crippen molar-refractivity contribution in [2.45, 2.75) is 12.8 Å². The normalized spacial score (nSPS) is 11.2. The van der Waals surface area contributed by atoms with Crippen LogP contribution in [0.1, 0.15) is 24.0 Å². The Morgan fingerprint density at radius 1 is 0.923 bits per heavy atom. The Kier molecular flexibility index (Phi) is 6.85. The van der Waals surface area contributed by atoms with Crippen LogP contribution in [-0.4, -0.2) is 30.2 Å². The average Bonchev–Trinajstić information content (AvgIpc) is 2.65. The van der Waals surface area contributed by atoms with Crippen molar-refractivity contribution in [3.63, 3.8) is 0 Å². The molecule has 0 bridgehead atoms. The molecule has 136 valence electrons. The summed E-state index contributed by atoms with van der Waals surface area (Å²) in [5.74, 6) is 0.940. The first-order chi connectivity index (χ1) is 12.5. The SMILES string of the molecule is COc1cc(/C=C/CCC(=O)/C=C/c2ccc(O)c(OC)c2)ccc1O. The Morgan fingerprint density at radius 3 is 2.00 bits per heavy atom. The molecule has 5 nitrogen and oxygen atoms in total. The summed E-state index contributed by atoms with van der Waals surface area (Å²) in [5, 5.41) is 19.1. The van der Waals surface area contributed by atoms with Crippen LogP contribution in [0.15, 0.2) is 48.6 Å². The van der Waals surface area contributed by atoms with Gasteiger partial charge >= 0.3 is 0 Å². The molecular weight excluding hydrogens is 332 g/mol. The lowest BCUT2D eigenvalue weighted by Gasteiger charge is -2.03. The number of carbonyl (C=O) groups is 1. The van der Waals surface area contributed by atoms with Gasteiger partial charge in [0.05, 0.1) is 14.2 Å². The summed E-state index contributed by atoms with van der Waals surface area (Å²) in [5.41, 5.74) is 1.67. The van der Waals surface area contributed by atoms with Crippen molar-refractivity contribution in [3.8, 4) is 23.0 Å². The molecule has 0 fully saturated rings. The van der Waals surface area contributed by atoms with Crippen LogP contribution in [0.4, 0.5) is 0 Å². The topological polar surface area (TPSA) is 76.0 Å². The monoisotopic (exact) mass is 354 g/mol. The highest BCUT2D eigenvalue weighted by Gasteiger charge is 2.02. The number of hydrogen-bond acceptors (Lipinski definition) is 5. The first-order valence-electron chi connectivity index (χ1n) is 8.15. The van der Waals surface area contributed by atoms with Gasteiger partial charge in [-0.2, -0.15) is 0 Å². The summed E-state index contributed by atoms with van der Waals surface area (Å²) >= 11 is 0. The third-order valence-electron chi connectivity index (χ3n) is 3.74. The fourth-order valence-electron chi connectivity index (χ4n) is 2.31. The lowest BCUT2D eigenvalue weighted by Crippen LogP contribution is -1.91. The van der Waals surface area contributed by atoms with Gasteiger partial charge in [0.2, 0.25) is 0 Å². The fraction of sp³-hybridized carbons (Fsp3) is 0.190. The van der Waals surface area contributed by atoms with Gasteiger partial charge in [-0.25, -0.2) is 0 Å². The van der Waals surface area contributed by atoms with Crippen molar-refractivity contribution in [1.82, 2.24) is 0 Å². The Hall–Kier alpha value is -3.21. The molecule has 0 aliphatic carbocycles. The predicted molar refractivity (Wildman–Crippen MR) is 102 cm³/mol. The Bertz CT molecular complexity index is 821. The summed E-state index contributed by atoms with van der Waals surface area (Å²) in [4.78, 5) is 11.9. The maximum absolute atomic E-state index is 11.9. The van der Waals surface area contributed by atoms with Gasteiger partial charge in [0.15, 0.2) is 28.8 Å². The maximum atomic E-state index is 11.9. The molecule has 0 heterocycles. The second kappa shape index (κ2) is 9.32. The number of phenols is 2. The number of rotatable bonds is 8. The molecule has 2 N–H and O–H groups in total. The largest absolute Gasteiger partial charge is 0.504 e. The predicted octanol–water partition coefficient (Wildman–Crippen LogP) is 4.19. The second-order valence-corrected chi connectivity index (χ2v) is 5.60. The van der Waals surface area contributed by atoms with E-state index in [9.17, 15) is 15.0 Å². The molecule has 0 spiro atoms. The minimum absolute atomic E-state index is 0.00461. The smallest absolute Gasteiger partial charge is 0.161 e. The number of phenolic OH excluding ortho intramolecular Hbond substituents is 2. The summed E-state index contributed by atoms with van der Waals surface area (Å²) in [6, 6.07) is 9.97. The number of methoxy groups -OCH3 is 2. The number of carbonyl (C=O) groups excluding carboxylic acids is 1. The van der Waals surface area contributed by atoms with Crippen LogP contribution in [0.25, 0.3) is 12.2 Å². The fourth-order valence-corrected chi connectivity index (χ4v) is 2.31. The second-order valence-electron chi connectivity index (χ2n) is 5.60. The summed E-state index contributed by atoms with van der Waals surface area (Å²) in [7, 11) is 2.97. The van der Waals surface area contributed by atoms with E-state index in [2.05, 4.69) is 0 Å². The van der Waals surface area contributed by atoms with E-state index in [0.29, 0.717) is 24.3 Å². The van der Waals surface area contributed by atoms with E-state index >= 15 is 0 Å². The first kappa shape index (κ1) is 19.1. The zero-order valence-corrected chi connectivity index (χ0v) is 14.8. The van der Waals surface area contributed by atoms with E-state index in [1.54, 1.807) is 36.4 Å². The van der Waals surface area contributed by atoms with Crippen LogP contribution in [0.2, 0.25) is 0 Å². The zero-order valence-electron chi connectivity index (χ0n) is 14.8. The summed E-state index contributed by atoms with van der Waals surface area (Å²) in [6.07, 6.45) is 7.98. The van der Waals surface area contributed by atoms with Gasteiger partial charge in [-0.05, 0) is 47.9 Å². The molecule has 5 heteroatoms. The molecule has 0 unspecified atom stereocenters. The van der Waals surface area contributed by atoms with Crippen LogP contribution < -0.4 is 9.47 Å². The van der Waals surface area contributed by atoms with Gasteiger partial charge < -0.3 is 19.7 Å². The molecule has 2 rings (SSSR count). The molecule has 0 aromatic heterocycles. The maximum Gasteiger partial charge on any atom is 0.161 e. The number of hydrogen-bond donors (Lipinski definition) is 2. The van der Waals surface area contributed by atoms with Gasteiger partial charge in [0.25, 0.3) is 0 Å². The van der Waals surface area contributed by atoms with Crippen molar-refractivity contribution < 1.29 is 24.5 Å². The summed E-state index contributed by atoms with van der Waals surface area (Å²) in [6.45, 7) is 0. The number of ketones is 1. The molecule has 2 aromatic carbocycles. The highest BCUT2D eigenvalue weighted by Crippen LogP contribution is 2.27. The van der Waals surface area contributed by atoms with Crippen molar-refractivity contribution in [3.05, 3.63) is 59.7 Å². The van der Waals surface area contributed by atoms with Crippen molar-refractivity contribution >= 4 is 17.9 Å². The van der Waals surface area contributed by atoms with Crippen molar-refractivity contribution in [2.24, 2.45) is 0 Å². The minimum atomic E-state index is 0.00461. The molecule has 0 atom stereocenters. The van der Waals surface area contributed by atoms with Gasteiger partial charge in [-0.15, -0.1) is 0 Å².